The van der Waals surface area contributed by atoms with E-state index >= 15 is 0 Å². The molecule has 16 heavy (non-hydrogen) atoms. The van der Waals surface area contributed by atoms with Crippen molar-refractivity contribution < 1.29 is 27.1 Å². The Hall–Kier alpha value is -1.17. The zero-order valence-corrected chi connectivity index (χ0v) is 8.11. The van der Waals surface area contributed by atoms with Crippen LogP contribution in [0.3, 0.4) is 0 Å². The fourth-order valence-electron chi connectivity index (χ4n) is 1.27. The normalized spacial score (nSPS) is 11.9. The fraction of sp³-hybridized carbons (Fsp3) is 0.400. The predicted molar refractivity (Wildman–Crippen MR) is 46.8 cm³/mol. The number of hydrogen-bond donors (Lipinski definition) is 1. The van der Waals surface area contributed by atoms with Gasteiger partial charge in [-0.15, -0.1) is 0 Å². The Bertz CT molecular complexity index is 372. The molecule has 0 saturated heterocycles. The molecule has 0 aliphatic heterocycles. The number of aliphatic hydroxyl groups excluding tert-OH is 1. The van der Waals surface area contributed by atoms with Gasteiger partial charge in [-0.2, -0.15) is 13.2 Å². The van der Waals surface area contributed by atoms with E-state index < -0.39 is 23.4 Å². The molecule has 1 rings (SSSR count). The van der Waals surface area contributed by atoms with Crippen molar-refractivity contribution in [2.45, 2.75) is 19.0 Å². The first-order valence-corrected chi connectivity index (χ1v) is 4.52. The van der Waals surface area contributed by atoms with Crippen LogP contribution >= 0.6 is 0 Å². The average molecular weight is 240 g/mol. The maximum absolute atomic E-state index is 13.1. The number of benzene rings is 1. The summed E-state index contributed by atoms with van der Waals surface area (Å²) >= 11 is 0. The molecule has 0 aliphatic rings. The summed E-state index contributed by atoms with van der Waals surface area (Å²) in [6.07, 6.45) is -4.74. The lowest BCUT2D eigenvalue weighted by Gasteiger charge is -2.10. The van der Waals surface area contributed by atoms with Gasteiger partial charge in [-0.1, -0.05) is 0 Å². The first kappa shape index (κ1) is 12.9. The van der Waals surface area contributed by atoms with Gasteiger partial charge in [-0.3, -0.25) is 0 Å². The maximum Gasteiger partial charge on any atom is 0.419 e. The lowest BCUT2D eigenvalue weighted by atomic mass is 10.1. The third kappa shape index (κ3) is 2.91. The molecule has 0 bridgehead atoms. The van der Waals surface area contributed by atoms with Gasteiger partial charge in [0.25, 0.3) is 0 Å². The third-order valence-electron chi connectivity index (χ3n) is 2.05. The second-order valence-corrected chi connectivity index (χ2v) is 3.25. The van der Waals surface area contributed by atoms with Crippen LogP contribution < -0.4 is 0 Å². The van der Waals surface area contributed by atoms with Crippen molar-refractivity contribution in [3.8, 4) is 0 Å². The van der Waals surface area contributed by atoms with Crippen LogP contribution in [-0.4, -0.2) is 11.7 Å². The average Bonchev–Trinajstić information content (AvgIpc) is 2.17. The summed E-state index contributed by atoms with van der Waals surface area (Å²) in [4.78, 5) is 0. The summed E-state index contributed by atoms with van der Waals surface area (Å²) in [7, 11) is 0. The van der Waals surface area contributed by atoms with E-state index in [0.717, 1.165) is 0 Å². The molecule has 0 unspecified atom stereocenters. The van der Waals surface area contributed by atoms with Gasteiger partial charge in [0, 0.05) is 6.61 Å². The Morgan fingerprint density at radius 1 is 1.06 bits per heavy atom. The van der Waals surface area contributed by atoms with Gasteiger partial charge in [-0.25, -0.2) is 8.78 Å². The van der Waals surface area contributed by atoms with Gasteiger partial charge in [0.15, 0.2) is 0 Å². The Balaban J connectivity index is 3.07. The summed E-state index contributed by atoms with van der Waals surface area (Å²) in [6, 6.07) is 0.663. The molecule has 6 heteroatoms. The predicted octanol–water partition coefficient (Wildman–Crippen LogP) is 2.91. The van der Waals surface area contributed by atoms with Crippen molar-refractivity contribution >= 4 is 0 Å². The van der Waals surface area contributed by atoms with E-state index in [0.29, 0.717) is 6.07 Å². The molecule has 1 N–H and O–H groups in total. The lowest BCUT2D eigenvalue weighted by molar-refractivity contribution is -0.140. The fourth-order valence-corrected chi connectivity index (χ4v) is 1.27. The summed E-state index contributed by atoms with van der Waals surface area (Å²) in [6.45, 7) is -0.234. The van der Waals surface area contributed by atoms with Crippen molar-refractivity contribution in [1.29, 1.82) is 0 Å². The molecule has 0 fully saturated rings. The number of aryl methyl sites for hydroxylation is 1. The molecular formula is C10H9F5O. The summed E-state index contributed by atoms with van der Waals surface area (Å²) in [5.41, 5.74) is -1.78. The number of hydrogen-bond acceptors (Lipinski definition) is 1. The molecule has 1 nitrogen and oxygen atoms in total. The van der Waals surface area contributed by atoms with E-state index in [2.05, 4.69) is 0 Å². The van der Waals surface area contributed by atoms with Gasteiger partial charge in [0.1, 0.15) is 11.6 Å². The minimum absolute atomic E-state index is 0.00259. The molecule has 0 radical (unpaired) electrons. The Labute approximate surface area is 88.5 Å². The van der Waals surface area contributed by atoms with Crippen LogP contribution in [0.2, 0.25) is 0 Å². The van der Waals surface area contributed by atoms with Crippen LogP contribution in [0.5, 0.6) is 0 Å². The molecule has 0 heterocycles. The molecule has 0 aromatic heterocycles. The zero-order valence-electron chi connectivity index (χ0n) is 8.11. The number of halogens is 5. The van der Waals surface area contributed by atoms with Gasteiger partial charge < -0.3 is 5.11 Å². The van der Waals surface area contributed by atoms with Crippen molar-refractivity contribution in [3.05, 3.63) is 34.9 Å². The number of alkyl halides is 3. The Kier molecular flexibility index (Phi) is 3.85. The standard InChI is InChI=1S/C10H9F5O/c11-8-5-7(10(13,14)15)9(12)4-6(8)2-1-3-16/h4-5,16H,1-3H2. The number of aliphatic hydroxyl groups is 1. The van der Waals surface area contributed by atoms with Crippen LogP contribution in [0.4, 0.5) is 22.0 Å². The van der Waals surface area contributed by atoms with Crippen LogP contribution in [0.1, 0.15) is 17.5 Å². The summed E-state index contributed by atoms with van der Waals surface area (Å²) in [5, 5.41) is 8.48. The highest BCUT2D eigenvalue weighted by Gasteiger charge is 2.35. The number of rotatable bonds is 3. The molecule has 0 atom stereocenters. The molecule has 90 valence electrons. The Morgan fingerprint density at radius 3 is 2.19 bits per heavy atom. The Morgan fingerprint density at radius 2 is 1.69 bits per heavy atom. The third-order valence-corrected chi connectivity index (χ3v) is 2.05. The summed E-state index contributed by atoms with van der Waals surface area (Å²) < 4.78 is 62.6. The summed E-state index contributed by atoms with van der Waals surface area (Å²) in [5.74, 6) is -2.61. The van der Waals surface area contributed by atoms with Gasteiger partial charge in [0.05, 0.1) is 5.56 Å². The molecule has 0 aliphatic carbocycles. The highest BCUT2D eigenvalue weighted by atomic mass is 19.4. The van der Waals surface area contributed by atoms with Crippen molar-refractivity contribution in [3.63, 3.8) is 0 Å². The minimum atomic E-state index is -4.90. The zero-order chi connectivity index (χ0) is 12.3. The van der Waals surface area contributed by atoms with Crippen LogP contribution in [0.15, 0.2) is 12.1 Å². The van der Waals surface area contributed by atoms with E-state index in [4.69, 9.17) is 5.11 Å². The van der Waals surface area contributed by atoms with Crippen molar-refractivity contribution in [2.24, 2.45) is 0 Å². The van der Waals surface area contributed by atoms with Crippen molar-refractivity contribution in [2.75, 3.05) is 6.61 Å². The smallest absolute Gasteiger partial charge is 0.396 e. The first-order chi connectivity index (χ1) is 7.36. The largest absolute Gasteiger partial charge is 0.419 e. The van der Waals surface area contributed by atoms with E-state index in [1.165, 1.54) is 0 Å². The van der Waals surface area contributed by atoms with E-state index in [1.54, 1.807) is 0 Å². The second-order valence-electron chi connectivity index (χ2n) is 3.25. The maximum atomic E-state index is 13.1. The molecule has 0 spiro atoms. The van der Waals surface area contributed by atoms with Crippen LogP contribution in [0, 0.1) is 11.6 Å². The molecule has 0 amide bonds. The second kappa shape index (κ2) is 4.78. The van der Waals surface area contributed by atoms with Gasteiger partial charge in [-0.05, 0) is 30.5 Å². The van der Waals surface area contributed by atoms with E-state index in [1.807, 2.05) is 0 Å². The molecular weight excluding hydrogens is 231 g/mol. The lowest BCUT2D eigenvalue weighted by Crippen LogP contribution is -2.10. The highest BCUT2D eigenvalue weighted by molar-refractivity contribution is 5.28. The highest BCUT2D eigenvalue weighted by Crippen LogP contribution is 2.32. The monoisotopic (exact) mass is 240 g/mol. The van der Waals surface area contributed by atoms with Gasteiger partial charge >= 0.3 is 6.18 Å². The van der Waals surface area contributed by atoms with E-state index in [-0.39, 0.29) is 31.1 Å². The van der Waals surface area contributed by atoms with E-state index in [9.17, 15) is 22.0 Å². The molecule has 0 saturated carbocycles. The SMILES string of the molecule is OCCCc1cc(F)c(C(F)(F)F)cc1F. The van der Waals surface area contributed by atoms with Crippen LogP contribution in [0.25, 0.3) is 0 Å². The van der Waals surface area contributed by atoms with Crippen LogP contribution in [-0.2, 0) is 12.6 Å². The minimum Gasteiger partial charge on any atom is -0.396 e. The quantitative estimate of drug-likeness (QED) is 0.805. The molecule has 1 aromatic carbocycles. The van der Waals surface area contributed by atoms with Crippen molar-refractivity contribution in [1.82, 2.24) is 0 Å². The topological polar surface area (TPSA) is 20.2 Å². The van der Waals surface area contributed by atoms with Gasteiger partial charge in [0.2, 0.25) is 0 Å². The first-order valence-electron chi connectivity index (χ1n) is 4.52. The molecule has 1 aromatic rings.